The van der Waals surface area contributed by atoms with Crippen LogP contribution in [0.3, 0.4) is 0 Å². The van der Waals surface area contributed by atoms with Crippen molar-refractivity contribution in [3.05, 3.63) is 0 Å². The normalized spacial score (nSPS) is 24.7. The van der Waals surface area contributed by atoms with E-state index in [9.17, 15) is 97.1 Å². The highest BCUT2D eigenvalue weighted by Gasteiger charge is 2.45. The van der Waals surface area contributed by atoms with Gasteiger partial charge in [-0.1, -0.05) is 58.8 Å². The zero-order valence-electron chi connectivity index (χ0n) is 54.0. The third-order valence-electron chi connectivity index (χ3n) is 16.2. The topological polar surface area (TPSA) is 536 Å². The van der Waals surface area contributed by atoms with Gasteiger partial charge in [-0.05, 0) is 71.6 Å². The Morgan fingerprint density at radius 3 is 1.51 bits per heavy atom. The van der Waals surface area contributed by atoms with Crippen molar-refractivity contribution in [3.63, 3.8) is 0 Å². The number of hydrogen-bond donors (Lipinski definition) is 16. The lowest BCUT2D eigenvalue weighted by Gasteiger charge is -2.39. The Morgan fingerprint density at radius 2 is 1.00 bits per heavy atom. The van der Waals surface area contributed by atoms with E-state index in [1.807, 2.05) is 16.0 Å². The standard InChI is InChI=1S/C59H94N14O21/c1-30(2)46-57(91)73-24-18-20-38(73)53(87)64-33(5)49(71-52(86)36(27-45(82)83)65-40(75)22-15-13-11-9-7-8-10-12-14-21-39(74)61-6)58(92)72-23-17-16-19-37(72)54(88)70-47(31(3)59(93)94)55(89)67-35(26-44(80)81)51(85)62-28-41(76)66-34(25-43(78)79)50(84)63-29-42(77)68-48(32(4)60)56(90)69-46/h30-38,46-49H,7-29,60H2,1-6H3,(H,61,74)(H,62,85)(H,63,84)(H,64,87)(H,65,75)(H,66,76)(H,67,89)(H,68,77)(H,69,90)(H,70,88)(H,71,86)(H,78,79)(H,80,81)(H,82,83)(H,93,94). The molecule has 35 heteroatoms. The second-order valence-corrected chi connectivity index (χ2v) is 24.1. The summed E-state index contributed by atoms with van der Waals surface area (Å²) in [6.07, 6.45) is 4.69. The van der Waals surface area contributed by atoms with Crippen LogP contribution in [0.25, 0.3) is 0 Å². The predicted molar refractivity (Wildman–Crippen MR) is 328 cm³/mol. The van der Waals surface area contributed by atoms with Crippen LogP contribution >= 0.6 is 0 Å². The third-order valence-corrected chi connectivity index (χ3v) is 16.2. The van der Waals surface area contributed by atoms with Gasteiger partial charge in [0.2, 0.25) is 76.8 Å². The number of rotatable bonds is 25. The van der Waals surface area contributed by atoms with Crippen LogP contribution in [0.5, 0.6) is 0 Å². The molecule has 0 radical (unpaired) electrons. The highest BCUT2D eigenvalue weighted by atomic mass is 16.4. The summed E-state index contributed by atoms with van der Waals surface area (Å²) in [5.74, 6) is -22.5. The molecule has 12 unspecified atom stereocenters. The first kappa shape index (κ1) is 79.2. The van der Waals surface area contributed by atoms with Crippen molar-refractivity contribution in [2.24, 2.45) is 17.6 Å². The van der Waals surface area contributed by atoms with Gasteiger partial charge in [0.25, 0.3) is 0 Å². The fraction of sp³-hybridized carbons (Fsp3) is 0.712. The van der Waals surface area contributed by atoms with E-state index >= 15 is 4.79 Å². The van der Waals surface area contributed by atoms with Gasteiger partial charge in [0.15, 0.2) is 0 Å². The van der Waals surface area contributed by atoms with Gasteiger partial charge >= 0.3 is 23.9 Å². The van der Waals surface area contributed by atoms with E-state index < -0.39 is 205 Å². The van der Waals surface area contributed by atoms with E-state index in [-0.39, 0.29) is 57.5 Å². The molecule has 0 spiro atoms. The SMILES string of the molecule is CNC(=O)CCCCCCCCCCCC(=O)NC(CC(=O)O)C(=O)NC1C(=O)N2CCCCC2C(=O)NC(C(C)C(=O)O)C(=O)NC(CC(=O)O)C(=O)NCC(=O)NC(CC(=O)O)C(=O)NCC(=O)NC(C(C)N)C(=O)NC(C(C)C)C(=O)N2CCCC2C(=O)NC1C. The van der Waals surface area contributed by atoms with Crippen LogP contribution in [0.2, 0.25) is 0 Å². The van der Waals surface area contributed by atoms with Gasteiger partial charge in [0.1, 0.15) is 54.4 Å². The molecule has 3 fully saturated rings. The van der Waals surface area contributed by atoms with E-state index in [4.69, 9.17) is 5.73 Å². The number of carbonyl (C=O) groups excluding carboxylic acids is 13. The molecule has 0 bridgehead atoms. The highest BCUT2D eigenvalue weighted by molar-refractivity contribution is 6.01. The molecule has 0 aromatic heterocycles. The molecule has 3 saturated heterocycles. The van der Waals surface area contributed by atoms with E-state index in [1.165, 1.54) is 13.8 Å². The van der Waals surface area contributed by atoms with Gasteiger partial charge in [0, 0.05) is 39.0 Å². The number of nitrogens with zero attached hydrogens (tertiary/aromatic N) is 2. The summed E-state index contributed by atoms with van der Waals surface area (Å²) in [5, 5.41) is 64.9. The molecule has 17 N–H and O–H groups in total. The zero-order valence-corrected chi connectivity index (χ0v) is 54.0. The first-order chi connectivity index (χ1) is 44.3. The number of amides is 13. The summed E-state index contributed by atoms with van der Waals surface area (Å²) < 4.78 is 0. The molecule has 526 valence electrons. The maximum atomic E-state index is 15.2. The maximum Gasteiger partial charge on any atom is 0.308 e. The highest BCUT2D eigenvalue weighted by Crippen LogP contribution is 2.24. The van der Waals surface area contributed by atoms with Crippen LogP contribution < -0.4 is 64.2 Å². The molecule has 35 nitrogen and oxygen atoms in total. The second kappa shape index (κ2) is 39.5. The van der Waals surface area contributed by atoms with Gasteiger partial charge in [-0.25, -0.2) is 0 Å². The van der Waals surface area contributed by atoms with E-state index in [0.717, 1.165) is 61.7 Å². The van der Waals surface area contributed by atoms with E-state index in [0.29, 0.717) is 19.3 Å². The molecule has 94 heavy (non-hydrogen) atoms. The Bertz CT molecular complexity index is 2770. The van der Waals surface area contributed by atoms with Crippen LogP contribution in [0, 0.1) is 11.8 Å². The summed E-state index contributed by atoms with van der Waals surface area (Å²) in [5.41, 5.74) is 6.12. The smallest absolute Gasteiger partial charge is 0.308 e. The molecule has 3 heterocycles. The van der Waals surface area contributed by atoms with Crippen LogP contribution in [0.1, 0.15) is 157 Å². The Labute approximate surface area is 543 Å². The number of nitrogens with two attached hydrogens (primary N) is 1. The van der Waals surface area contributed by atoms with Crippen LogP contribution in [-0.4, -0.2) is 231 Å². The Morgan fingerprint density at radius 1 is 0.532 bits per heavy atom. The minimum absolute atomic E-state index is 0.0155. The molecule has 13 amide bonds. The molecule has 3 aliphatic rings. The number of carbonyl (C=O) groups is 17. The number of carboxylic acid groups (broad SMARTS) is 4. The Hall–Kier alpha value is -9.05. The molecular formula is C59H94N14O21. The minimum atomic E-state index is -2.15. The molecule has 12 atom stereocenters. The molecule has 0 saturated carbocycles. The van der Waals surface area contributed by atoms with Gasteiger partial charge < -0.3 is 94.4 Å². The van der Waals surface area contributed by atoms with Crippen LogP contribution in [0.15, 0.2) is 0 Å². The van der Waals surface area contributed by atoms with Crippen molar-refractivity contribution < 1.29 is 102 Å². The van der Waals surface area contributed by atoms with Crippen molar-refractivity contribution in [2.45, 2.75) is 223 Å². The number of nitrogens with one attached hydrogen (secondary N) is 11. The Kier molecular flexibility index (Phi) is 33.3. The number of piperidine rings is 1. The molecule has 0 aromatic carbocycles. The lowest BCUT2D eigenvalue weighted by Crippen LogP contribution is -2.66. The maximum absolute atomic E-state index is 15.2. The van der Waals surface area contributed by atoms with Gasteiger partial charge in [-0.2, -0.15) is 0 Å². The van der Waals surface area contributed by atoms with Crippen molar-refractivity contribution in [1.82, 2.24) is 68.3 Å². The van der Waals surface area contributed by atoms with Crippen molar-refractivity contribution in [1.29, 1.82) is 0 Å². The summed E-state index contributed by atoms with van der Waals surface area (Å²) >= 11 is 0. The number of hydrogen-bond acceptors (Lipinski definition) is 18. The lowest BCUT2D eigenvalue weighted by molar-refractivity contribution is -0.150. The minimum Gasteiger partial charge on any atom is -0.481 e. The van der Waals surface area contributed by atoms with E-state index in [2.05, 4.69) is 42.5 Å². The van der Waals surface area contributed by atoms with Gasteiger partial charge in [0.05, 0.1) is 44.3 Å². The second-order valence-electron chi connectivity index (χ2n) is 24.1. The fourth-order valence-corrected chi connectivity index (χ4v) is 10.9. The molecule has 3 aliphatic heterocycles. The molecular weight excluding hydrogens is 1240 g/mol. The first-order valence-corrected chi connectivity index (χ1v) is 31.7. The molecule has 0 aliphatic carbocycles. The largest absolute Gasteiger partial charge is 0.481 e. The molecule has 0 aromatic rings. The van der Waals surface area contributed by atoms with E-state index in [1.54, 1.807) is 20.9 Å². The third kappa shape index (κ3) is 26.2. The first-order valence-electron chi connectivity index (χ1n) is 31.7. The average molecular weight is 1340 g/mol. The Balaban J connectivity index is 2.11. The molecule has 3 rings (SSSR count). The number of carboxylic acids is 4. The zero-order chi connectivity index (χ0) is 70.5. The van der Waals surface area contributed by atoms with Crippen LogP contribution in [-0.2, 0) is 81.5 Å². The number of unbranched alkanes of at least 4 members (excludes halogenated alkanes) is 8. The summed E-state index contributed by atoms with van der Waals surface area (Å²) in [4.78, 5) is 230. The monoisotopic (exact) mass is 1330 g/mol. The average Bonchev–Trinajstić information content (AvgIpc) is 1.28. The van der Waals surface area contributed by atoms with Gasteiger partial charge in [-0.15, -0.1) is 0 Å². The summed E-state index contributed by atoms with van der Waals surface area (Å²) in [6, 6.07) is -18.6. The lowest BCUT2D eigenvalue weighted by atomic mass is 9.96. The van der Waals surface area contributed by atoms with Crippen molar-refractivity contribution in [3.8, 4) is 0 Å². The summed E-state index contributed by atoms with van der Waals surface area (Å²) in [7, 11) is 1.58. The number of aliphatic carboxylic acids is 4. The van der Waals surface area contributed by atoms with Gasteiger partial charge in [-0.3, -0.25) is 81.5 Å². The fourth-order valence-electron chi connectivity index (χ4n) is 10.9. The van der Waals surface area contributed by atoms with Crippen molar-refractivity contribution >= 4 is 101 Å². The predicted octanol–water partition coefficient (Wildman–Crippen LogP) is -4.31. The summed E-state index contributed by atoms with van der Waals surface area (Å²) in [6.45, 7) is 4.33. The quantitative estimate of drug-likeness (QED) is 0.0385. The van der Waals surface area contributed by atoms with Crippen LogP contribution in [0.4, 0.5) is 0 Å². The number of fused-ring (bicyclic) bond motifs is 2. The van der Waals surface area contributed by atoms with Crippen molar-refractivity contribution in [2.75, 3.05) is 33.2 Å².